The van der Waals surface area contributed by atoms with Gasteiger partial charge in [0.15, 0.2) is 0 Å². The van der Waals surface area contributed by atoms with Crippen molar-refractivity contribution in [2.75, 3.05) is 6.54 Å². The number of aliphatic hydroxyl groups is 1. The summed E-state index contributed by atoms with van der Waals surface area (Å²) < 4.78 is 12.8. The Morgan fingerprint density at radius 3 is 2.65 bits per heavy atom. The lowest BCUT2D eigenvalue weighted by Gasteiger charge is -2.22. The Morgan fingerprint density at radius 1 is 1.35 bits per heavy atom. The molecule has 0 radical (unpaired) electrons. The van der Waals surface area contributed by atoms with Crippen molar-refractivity contribution in [1.82, 2.24) is 5.32 Å². The lowest BCUT2D eigenvalue weighted by Crippen LogP contribution is -2.39. The van der Waals surface area contributed by atoms with Gasteiger partial charge in [-0.2, -0.15) is 11.3 Å². The minimum atomic E-state index is -1.08. The molecule has 106 valence electrons. The molecule has 1 heterocycles. The van der Waals surface area contributed by atoms with E-state index in [2.05, 4.69) is 5.32 Å². The molecule has 0 saturated heterocycles. The fraction of sp³-hybridized carbons (Fsp3) is 0.267. The molecule has 1 aromatic carbocycles. The summed E-state index contributed by atoms with van der Waals surface area (Å²) in [5, 5.41) is 16.7. The van der Waals surface area contributed by atoms with E-state index in [4.69, 9.17) is 0 Å². The van der Waals surface area contributed by atoms with E-state index in [0.29, 0.717) is 0 Å². The van der Waals surface area contributed by atoms with Crippen molar-refractivity contribution in [3.63, 3.8) is 0 Å². The lowest BCUT2D eigenvalue weighted by molar-refractivity contribution is -0.121. The molecule has 2 rings (SSSR count). The van der Waals surface area contributed by atoms with Gasteiger partial charge < -0.3 is 10.4 Å². The van der Waals surface area contributed by atoms with E-state index in [9.17, 15) is 14.3 Å². The number of carbonyl (C=O) groups is 1. The molecule has 1 amide bonds. The molecule has 1 unspecified atom stereocenters. The molecule has 5 heteroatoms. The molecule has 2 aromatic rings. The normalized spacial score (nSPS) is 13.8. The molecule has 0 aliphatic heterocycles. The number of amides is 1. The number of hydrogen-bond acceptors (Lipinski definition) is 3. The lowest BCUT2D eigenvalue weighted by atomic mass is 9.99. The number of nitrogens with one attached hydrogen (secondary N) is 1. The predicted molar refractivity (Wildman–Crippen MR) is 77.0 cm³/mol. The SMILES string of the molecule is CC(O)(CNC(=O)Cc1ccc(F)cc1)c1ccsc1. The number of carbonyl (C=O) groups excluding carboxylic acids is 1. The average molecular weight is 293 g/mol. The molecular weight excluding hydrogens is 277 g/mol. The maximum absolute atomic E-state index is 12.8. The molecule has 2 N–H and O–H groups in total. The zero-order valence-electron chi connectivity index (χ0n) is 11.1. The van der Waals surface area contributed by atoms with Crippen molar-refractivity contribution in [3.05, 3.63) is 58.0 Å². The second-order valence-corrected chi connectivity index (χ2v) is 5.65. The Labute approximate surface area is 121 Å². The third-order valence-electron chi connectivity index (χ3n) is 3.05. The molecule has 1 aromatic heterocycles. The van der Waals surface area contributed by atoms with Crippen LogP contribution in [0.4, 0.5) is 4.39 Å². The van der Waals surface area contributed by atoms with Crippen LogP contribution in [0.25, 0.3) is 0 Å². The van der Waals surface area contributed by atoms with Gasteiger partial charge in [-0.25, -0.2) is 4.39 Å². The molecule has 0 spiro atoms. The zero-order valence-corrected chi connectivity index (χ0v) is 11.9. The van der Waals surface area contributed by atoms with Gasteiger partial charge >= 0.3 is 0 Å². The maximum Gasteiger partial charge on any atom is 0.224 e. The van der Waals surface area contributed by atoms with E-state index in [1.54, 1.807) is 19.1 Å². The van der Waals surface area contributed by atoms with Crippen molar-refractivity contribution in [3.8, 4) is 0 Å². The van der Waals surface area contributed by atoms with E-state index in [0.717, 1.165) is 11.1 Å². The Morgan fingerprint density at radius 2 is 2.05 bits per heavy atom. The maximum atomic E-state index is 12.8. The van der Waals surface area contributed by atoms with Crippen LogP contribution in [0, 0.1) is 5.82 Å². The van der Waals surface area contributed by atoms with Gasteiger partial charge in [-0.1, -0.05) is 12.1 Å². The first-order valence-electron chi connectivity index (χ1n) is 6.23. The first-order chi connectivity index (χ1) is 9.47. The van der Waals surface area contributed by atoms with E-state index in [1.807, 2.05) is 16.8 Å². The highest BCUT2D eigenvalue weighted by atomic mass is 32.1. The van der Waals surface area contributed by atoms with Gasteiger partial charge in [0.05, 0.1) is 13.0 Å². The Hall–Kier alpha value is -1.72. The summed E-state index contributed by atoms with van der Waals surface area (Å²) in [6.45, 7) is 1.80. The number of halogens is 1. The van der Waals surface area contributed by atoms with Crippen LogP contribution < -0.4 is 5.32 Å². The number of thiophene rings is 1. The van der Waals surface area contributed by atoms with Crippen LogP contribution in [0.3, 0.4) is 0 Å². The van der Waals surface area contributed by atoms with Gasteiger partial charge in [0.2, 0.25) is 5.91 Å². The molecule has 0 saturated carbocycles. The van der Waals surface area contributed by atoms with Gasteiger partial charge in [-0.3, -0.25) is 4.79 Å². The third-order valence-corrected chi connectivity index (χ3v) is 3.73. The van der Waals surface area contributed by atoms with Crippen molar-refractivity contribution in [2.45, 2.75) is 18.9 Å². The number of benzene rings is 1. The molecule has 0 fully saturated rings. The Bertz CT molecular complexity index is 564. The van der Waals surface area contributed by atoms with Crippen LogP contribution in [0.2, 0.25) is 0 Å². The molecule has 20 heavy (non-hydrogen) atoms. The minimum Gasteiger partial charge on any atom is -0.384 e. The topological polar surface area (TPSA) is 49.3 Å². The van der Waals surface area contributed by atoms with Gasteiger partial charge in [0, 0.05) is 0 Å². The van der Waals surface area contributed by atoms with Crippen molar-refractivity contribution in [1.29, 1.82) is 0 Å². The molecular formula is C15H16FNO2S. The van der Waals surface area contributed by atoms with Crippen LogP contribution in [0.5, 0.6) is 0 Å². The summed E-state index contributed by atoms with van der Waals surface area (Å²) in [5.41, 5.74) is 0.432. The predicted octanol–water partition coefficient (Wildman–Crippen LogP) is 2.45. The molecule has 0 aliphatic carbocycles. The van der Waals surface area contributed by atoms with Crippen LogP contribution in [-0.4, -0.2) is 17.6 Å². The van der Waals surface area contributed by atoms with E-state index in [-0.39, 0.29) is 24.7 Å². The van der Waals surface area contributed by atoms with E-state index < -0.39 is 5.60 Å². The second-order valence-electron chi connectivity index (χ2n) is 4.87. The summed E-state index contributed by atoms with van der Waals surface area (Å²) >= 11 is 1.50. The first-order valence-corrected chi connectivity index (χ1v) is 7.18. The van der Waals surface area contributed by atoms with Crippen molar-refractivity contribution >= 4 is 17.2 Å². The van der Waals surface area contributed by atoms with Gasteiger partial charge in [-0.15, -0.1) is 0 Å². The number of rotatable bonds is 5. The monoisotopic (exact) mass is 293 g/mol. The summed E-state index contributed by atoms with van der Waals surface area (Å²) in [5.74, 6) is -0.526. The largest absolute Gasteiger partial charge is 0.384 e. The van der Waals surface area contributed by atoms with Crippen molar-refractivity contribution in [2.24, 2.45) is 0 Å². The minimum absolute atomic E-state index is 0.143. The quantitative estimate of drug-likeness (QED) is 0.889. The summed E-state index contributed by atoms with van der Waals surface area (Å²) in [6.07, 6.45) is 0.167. The average Bonchev–Trinajstić information content (AvgIpc) is 2.94. The summed E-state index contributed by atoms with van der Waals surface area (Å²) in [7, 11) is 0. The van der Waals surface area contributed by atoms with Gasteiger partial charge in [0.1, 0.15) is 11.4 Å². The molecule has 0 bridgehead atoms. The second kappa shape index (κ2) is 6.15. The van der Waals surface area contributed by atoms with Gasteiger partial charge in [0.25, 0.3) is 0 Å². The van der Waals surface area contributed by atoms with Crippen LogP contribution in [-0.2, 0) is 16.8 Å². The van der Waals surface area contributed by atoms with Crippen LogP contribution >= 0.6 is 11.3 Å². The highest BCUT2D eigenvalue weighted by Crippen LogP contribution is 2.22. The van der Waals surface area contributed by atoms with Gasteiger partial charge in [-0.05, 0) is 47.0 Å². The van der Waals surface area contributed by atoms with E-state index >= 15 is 0 Å². The highest BCUT2D eigenvalue weighted by molar-refractivity contribution is 7.08. The Kier molecular flexibility index (Phi) is 4.52. The molecule has 0 aliphatic rings. The summed E-state index contributed by atoms with van der Waals surface area (Å²) in [6, 6.07) is 7.63. The van der Waals surface area contributed by atoms with Crippen molar-refractivity contribution < 1.29 is 14.3 Å². The smallest absolute Gasteiger partial charge is 0.224 e. The first kappa shape index (κ1) is 14.7. The fourth-order valence-electron chi connectivity index (χ4n) is 1.79. The Balaban J connectivity index is 1.88. The number of hydrogen-bond donors (Lipinski definition) is 2. The highest BCUT2D eigenvalue weighted by Gasteiger charge is 2.24. The standard InChI is InChI=1S/C15H16FNO2S/c1-15(19,12-6-7-20-9-12)10-17-14(18)8-11-2-4-13(16)5-3-11/h2-7,9,19H,8,10H2,1H3,(H,17,18). The fourth-order valence-corrected chi connectivity index (χ4v) is 2.58. The zero-order chi connectivity index (χ0) is 14.6. The van der Waals surface area contributed by atoms with Crippen LogP contribution in [0.15, 0.2) is 41.1 Å². The van der Waals surface area contributed by atoms with Crippen LogP contribution in [0.1, 0.15) is 18.1 Å². The summed E-state index contributed by atoms with van der Waals surface area (Å²) in [4.78, 5) is 11.8. The van der Waals surface area contributed by atoms with E-state index in [1.165, 1.54) is 23.5 Å². The molecule has 3 nitrogen and oxygen atoms in total. The molecule has 1 atom stereocenters. The third kappa shape index (κ3) is 3.88.